The molecule has 0 aliphatic heterocycles. The van der Waals surface area contributed by atoms with Crippen LogP contribution < -0.4 is 15.0 Å². The van der Waals surface area contributed by atoms with Crippen LogP contribution in [0, 0.1) is 0 Å². The van der Waals surface area contributed by atoms with Gasteiger partial charge in [-0.1, -0.05) is 37.5 Å². The topological polar surface area (TPSA) is 84.4 Å². The molecule has 1 saturated carbocycles. The normalized spacial score (nSPS) is 14.7. The van der Waals surface area contributed by atoms with Crippen molar-refractivity contribution in [3.05, 3.63) is 84.4 Å². The molecular weight excluding hydrogens is 428 g/mol. The molecule has 0 bridgehead atoms. The first kappa shape index (κ1) is 23.4. The van der Waals surface area contributed by atoms with Crippen LogP contribution in [0.25, 0.3) is 0 Å². The van der Waals surface area contributed by atoms with Gasteiger partial charge in [-0.15, -0.1) is 0 Å². The molecule has 0 saturated heterocycles. The SMILES string of the molecule is CCOc1ccc([C@H](C(=O)NC2CCCCC2)N(C(=O)c2ccccn2)c2cccnc2)cc1. The van der Waals surface area contributed by atoms with Gasteiger partial charge in [-0.05, 0) is 61.7 Å². The average molecular weight is 459 g/mol. The van der Waals surface area contributed by atoms with Gasteiger partial charge in [-0.25, -0.2) is 0 Å². The molecule has 4 rings (SSSR count). The zero-order valence-electron chi connectivity index (χ0n) is 19.4. The summed E-state index contributed by atoms with van der Waals surface area (Å²) >= 11 is 0. The van der Waals surface area contributed by atoms with Crippen LogP contribution in [0.5, 0.6) is 5.75 Å². The summed E-state index contributed by atoms with van der Waals surface area (Å²) in [7, 11) is 0. The number of nitrogens with one attached hydrogen (secondary N) is 1. The highest BCUT2D eigenvalue weighted by Gasteiger charge is 2.35. The molecular formula is C27H30N4O3. The maximum atomic E-state index is 13.8. The number of ether oxygens (including phenoxy) is 1. The van der Waals surface area contributed by atoms with E-state index in [2.05, 4.69) is 15.3 Å². The highest BCUT2D eigenvalue weighted by atomic mass is 16.5. The summed E-state index contributed by atoms with van der Waals surface area (Å²) in [6, 6.07) is 15.2. The molecule has 0 unspecified atom stereocenters. The Bertz CT molecular complexity index is 1070. The van der Waals surface area contributed by atoms with E-state index in [1.165, 1.54) is 11.3 Å². The van der Waals surface area contributed by atoms with E-state index >= 15 is 0 Å². The minimum Gasteiger partial charge on any atom is -0.494 e. The maximum absolute atomic E-state index is 13.8. The third kappa shape index (κ3) is 5.60. The van der Waals surface area contributed by atoms with Crippen LogP contribution >= 0.6 is 0 Å². The van der Waals surface area contributed by atoms with Crippen LogP contribution in [0.1, 0.15) is 61.1 Å². The smallest absolute Gasteiger partial charge is 0.277 e. The Labute approximate surface area is 200 Å². The summed E-state index contributed by atoms with van der Waals surface area (Å²) in [6.07, 6.45) is 10.1. The van der Waals surface area contributed by atoms with Gasteiger partial charge in [0.25, 0.3) is 5.91 Å². The minimum atomic E-state index is -0.892. The van der Waals surface area contributed by atoms with E-state index in [9.17, 15) is 9.59 Å². The summed E-state index contributed by atoms with van der Waals surface area (Å²) in [5.74, 6) is 0.122. The molecule has 2 heterocycles. The summed E-state index contributed by atoms with van der Waals surface area (Å²) < 4.78 is 5.58. The molecule has 1 N–H and O–H groups in total. The van der Waals surface area contributed by atoms with Crippen LogP contribution in [0.15, 0.2) is 73.2 Å². The van der Waals surface area contributed by atoms with Crippen LogP contribution in [0.2, 0.25) is 0 Å². The highest BCUT2D eigenvalue weighted by molar-refractivity contribution is 6.09. The number of nitrogens with zero attached hydrogens (tertiary/aromatic N) is 3. The van der Waals surface area contributed by atoms with Crippen molar-refractivity contribution in [2.24, 2.45) is 0 Å². The predicted molar refractivity (Wildman–Crippen MR) is 131 cm³/mol. The van der Waals surface area contributed by atoms with Crippen LogP contribution in [0.4, 0.5) is 5.69 Å². The van der Waals surface area contributed by atoms with Crippen LogP contribution in [0.3, 0.4) is 0 Å². The third-order valence-corrected chi connectivity index (χ3v) is 5.99. The van der Waals surface area contributed by atoms with Crippen LogP contribution in [-0.4, -0.2) is 34.4 Å². The number of pyridine rings is 2. The van der Waals surface area contributed by atoms with E-state index in [-0.39, 0.29) is 23.6 Å². The molecule has 2 amide bonds. The molecule has 7 heteroatoms. The molecule has 0 spiro atoms. The molecule has 0 radical (unpaired) electrons. The molecule has 1 aromatic carbocycles. The zero-order valence-corrected chi connectivity index (χ0v) is 19.4. The number of hydrogen-bond acceptors (Lipinski definition) is 5. The first-order valence-electron chi connectivity index (χ1n) is 11.8. The standard InChI is InChI=1S/C27H30N4O3/c1-2-34-23-15-13-20(14-16-23)25(26(32)30-21-9-4-3-5-10-21)31(22-11-8-17-28-19-22)27(33)24-12-6-7-18-29-24/h6-8,11-19,21,25H,2-5,9-10H2,1H3,(H,30,32)/t25-/m1/s1. The van der Waals surface area contributed by atoms with Crippen molar-refractivity contribution in [2.75, 3.05) is 11.5 Å². The van der Waals surface area contributed by atoms with Gasteiger partial charge in [0.05, 0.1) is 18.5 Å². The van der Waals surface area contributed by atoms with Crippen molar-refractivity contribution in [3.8, 4) is 5.75 Å². The van der Waals surface area contributed by atoms with Crippen molar-refractivity contribution >= 4 is 17.5 Å². The first-order valence-corrected chi connectivity index (χ1v) is 11.8. The number of hydrogen-bond donors (Lipinski definition) is 1. The van der Waals surface area contributed by atoms with Crippen molar-refractivity contribution in [1.82, 2.24) is 15.3 Å². The van der Waals surface area contributed by atoms with Crippen molar-refractivity contribution < 1.29 is 14.3 Å². The molecule has 3 aromatic rings. The predicted octanol–water partition coefficient (Wildman–Crippen LogP) is 4.71. The van der Waals surface area contributed by atoms with E-state index in [0.29, 0.717) is 23.6 Å². The minimum absolute atomic E-state index is 0.104. The van der Waals surface area contributed by atoms with Gasteiger partial charge in [0.15, 0.2) is 0 Å². The van der Waals surface area contributed by atoms with E-state index in [0.717, 1.165) is 25.7 Å². The summed E-state index contributed by atoms with van der Waals surface area (Å²) in [6.45, 7) is 2.47. The molecule has 1 aliphatic rings. The molecule has 7 nitrogen and oxygen atoms in total. The van der Waals surface area contributed by atoms with E-state index in [1.807, 2.05) is 31.2 Å². The zero-order chi connectivity index (χ0) is 23.8. The van der Waals surface area contributed by atoms with E-state index in [1.54, 1.807) is 48.9 Å². The summed E-state index contributed by atoms with van der Waals surface area (Å²) in [5, 5.41) is 3.21. The highest BCUT2D eigenvalue weighted by Crippen LogP contribution is 2.31. The second-order valence-electron chi connectivity index (χ2n) is 8.35. The van der Waals surface area contributed by atoms with Gasteiger partial charge >= 0.3 is 0 Å². The molecule has 176 valence electrons. The Morgan fingerprint density at radius 3 is 2.47 bits per heavy atom. The van der Waals surface area contributed by atoms with E-state index in [4.69, 9.17) is 4.74 Å². The fourth-order valence-corrected chi connectivity index (χ4v) is 4.35. The maximum Gasteiger partial charge on any atom is 0.277 e. The van der Waals surface area contributed by atoms with E-state index < -0.39 is 6.04 Å². The van der Waals surface area contributed by atoms with Crippen LogP contribution in [-0.2, 0) is 4.79 Å². The van der Waals surface area contributed by atoms with Crippen molar-refractivity contribution in [1.29, 1.82) is 0 Å². The number of carbonyl (C=O) groups is 2. The third-order valence-electron chi connectivity index (χ3n) is 5.99. The monoisotopic (exact) mass is 458 g/mol. The lowest BCUT2D eigenvalue weighted by Crippen LogP contribution is -2.47. The lowest BCUT2D eigenvalue weighted by Gasteiger charge is -2.33. The lowest BCUT2D eigenvalue weighted by molar-refractivity contribution is -0.123. The Kier molecular flexibility index (Phi) is 7.86. The van der Waals surface area contributed by atoms with Gasteiger partial charge in [-0.2, -0.15) is 0 Å². The summed E-state index contributed by atoms with van der Waals surface area (Å²) in [5.41, 5.74) is 1.47. The average Bonchev–Trinajstić information content (AvgIpc) is 2.89. The number of anilines is 1. The van der Waals surface area contributed by atoms with Crippen molar-refractivity contribution in [3.63, 3.8) is 0 Å². The Hall–Kier alpha value is -3.74. The fourth-order valence-electron chi connectivity index (χ4n) is 4.35. The number of rotatable bonds is 8. The van der Waals surface area contributed by atoms with Gasteiger partial charge in [0.2, 0.25) is 5.91 Å². The molecule has 34 heavy (non-hydrogen) atoms. The Balaban J connectivity index is 1.76. The number of benzene rings is 1. The Morgan fingerprint density at radius 2 is 1.82 bits per heavy atom. The number of amides is 2. The molecule has 2 aromatic heterocycles. The fraction of sp³-hybridized carbons (Fsp3) is 0.333. The quantitative estimate of drug-likeness (QED) is 0.528. The lowest BCUT2D eigenvalue weighted by atomic mass is 9.94. The first-order chi connectivity index (χ1) is 16.7. The largest absolute Gasteiger partial charge is 0.494 e. The van der Waals surface area contributed by atoms with Gasteiger partial charge in [-0.3, -0.25) is 24.5 Å². The molecule has 1 fully saturated rings. The van der Waals surface area contributed by atoms with Gasteiger partial charge in [0.1, 0.15) is 17.5 Å². The molecule has 1 atom stereocenters. The molecule has 1 aliphatic carbocycles. The number of carbonyl (C=O) groups excluding carboxylic acids is 2. The van der Waals surface area contributed by atoms with Gasteiger partial charge in [0, 0.05) is 18.4 Å². The summed E-state index contributed by atoms with van der Waals surface area (Å²) in [4.78, 5) is 37.5. The Morgan fingerprint density at radius 1 is 1.03 bits per heavy atom. The second kappa shape index (κ2) is 11.4. The van der Waals surface area contributed by atoms with Crippen molar-refractivity contribution in [2.45, 2.75) is 51.1 Å². The number of aromatic nitrogens is 2. The second-order valence-corrected chi connectivity index (χ2v) is 8.35. The van der Waals surface area contributed by atoms with Gasteiger partial charge < -0.3 is 10.1 Å².